The van der Waals surface area contributed by atoms with E-state index in [0.29, 0.717) is 23.7 Å². The smallest absolute Gasteiger partial charge is 0.126 e. The third kappa shape index (κ3) is 1.90. The van der Waals surface area contributed by atoms with Crippen molar-refractivity contribution in [3.63, 3.8) is 0 Å². The maximum absolute atomic E-state index is 10.9. The fraction of sp³-hybridized carbons (Fsp3) is 0.905. The topological polar surface area (TPSA) is 40.5 Å². The van der Waals surface area contributed by atoms with Crippen LogP contribution in [0.5, 0.6) is 0 Å². The van der Waals surface area contributed by atoms with Gasteiger partial charge in [-0.25, -0.2) is 0 Å². The summed E-state index contributed by atoms with van der Waals surface area (Å²) in [6.45, 7) is 6.80. The molecule has 0 aliphatic heterocycles. The Morgan fingerprint density at radius 2 is 1.65 bits per heavy atom. The molecule has 2 heteroatoms. The summed E-state index contributed by atoms with van der Waals surface area (Å²) in [5, 5.41) is 21.7. The second-order valence-corrected chi connectivity index (χ2v) is 9.98. The monoisotopic (exact) mass is 316 g/mol. The van der Waals surface area contributed by atoms with Crippen molar-refractivity contribution >= 4 is 0 Å². The molecule has 0 aromatic rings. The standard InChI is InChI=1S/C21H32O2/c1-5-21(23)12-14-6-7-15-16(18(14,2)13-21)8-10-19(3)17(15)9-11-20(19,4)22/h1,14-17,22-23H,6-13H2,2-4H3/t14?,15-,16+,17+,18+,19+,20+,21-/m1/s1. The molecule has 4 aliphatic rings. The van der Waals surface area contributed by atoms with Gasteiger partial charge in [-0.05, 0) is 92.8 Å². The SMILES string of the molecule is C#C[C@@]1(O)CC2CC[C@@H]3[C@H](CC[C@@]4(C)[C@H]3CC[C@]4(C)O)[C@@]2(C)C1. The van der Waals surface area contributed by atoms with Gasteiger partial charge in [0.1, 0.15) is 5.60 Å². The number of hydrogen-bond acceptors (Lipinski definition) is 2. The highest BCUT2D eigenvalue weighted by Crippen LogP contribution is 2.69. The van der Waals surface area contributed by atoms with Crippen molar-refractivity contribution in [1.29, 1.82) is 0 Å². The molecule has 128 valence electrons. The maximum Gasteiger partial charge on any atom is 0.126 e. The normalized spacial score (nSPS) is 61.4. The van der Waals surface area contributed by atoms with Crippen LogP contribution in [0, 0.1) is 46.8 Å². The van der Waals surface area contributed by atoms with E-state index in [2.05, 4.69) is 26.7 Å². The minimum atomic E-state index is -0.879. The van der Waals surface area contributed by atoms with Gasteiger partial charge in [-0.15, -0.1) is 6.42 Å². The zero-order valence-corrected chi connectivity index (χ0v) is 14.9. The zero-order valence-electron chi connectivity index (χ0n) is 14.9. The fourth-order valence-corrected chi connectivity index (χ4v) is 7.61. The van der Waals surface area contributed by atoms with E-state index in [9.17, 15) is 10.2 Å². The number of aliphatic hydroxyl groups is 2. The minimum Gasteiger partial charge on any atom is -0.390 e. The highest BCUT2D eigenvalue weighted by molar-refractivity contribution is 5.20. The van der Waals surface area contributed by atoms with Crippen molar-refractivity contribution < 1.29 is 10.2 Å². The zero-order chi connectivity index (χ0) is 16.7. The quantitative estimate of drug-likeness (QED) is 0.668. The Morgan fingerprint density at radius 1 is 0.957 bits per heavy atom. The Hall–Kier alpha value is -0.520. The van der Waals surface area contributed by atoms with Crippen LogP contribution < -0.4 is 0 Å². The van der Waals surface area contributed by atoms with Crippen molar-refractivity contribution in [2.75, 3.05) is 0 Å². The largest absolute Gasteiger partial charge is 0.390 e. The lowest BCUT2D eigenvalue weighted by atomic mass is 9.47. The summed E-state index contributed by atoms with van der Waals surface area (Å²) >= 11 is 0. The van der Waals surface area contributed by atoms with E-state index >= 15 is 0 Å². The molecule has 2 nitrogen and oxygen atoms in total. The molecule has 0 saturated heterocycles. The van der Waals surface area contributed by atoms with Crippen LogP contribution >= 0.6 is 0 Å². The summed E-state index contributed by atoms with van der Waals surface area (Å²) < 4.78 is 0. The van der Waals surface area contributed by atoms with Crippen molar-refractivity contribution in [2.24, 2.45) is 34.5 Å². The van der Waals surface area contributed by atoms with E-state index in [0.717, 1.165) is 25.7 Å². The molecule has 0 amide bonds. The molecule has 0 aromatic carbocycles. The van der Waals surface area contributed by atoms with Gasteiger partial charge in [-0.2, -0.15) is 0 Å². The molecule has 23 heavy (non-hydrogen) atoms. The van der Waals surface area contributed by atoms with E-state index in [4.69, 9.17) is 6.42 Å². The van der Waals surface area contributed by atoms with E-state index < -0.39 is 11.2 Å². The minimum absolute atomic E-state index is 0.0817. The van der Waals surface area contributed by atoms with Gasteiger partial charge in [0.05, 0.1) is 5.60 Å². The molecule has 4 aliphatic carbocycles. The number of hydrogen-bond donors (Lipinski definition) is 2. The Morgan fingerprint density at radius 3 is 2.35 bits per heavy atom. The molecule has 4 fully saturated rings. The van der Waals surface area contributed by atoms with Gasteiger partial charge < -0.3 is 10.2 Å². The van der Waals surface area contributed by atoms with Crippen LogP contribution in [0.25, 0.3) is 0 Å². The highest BCUT2D eigenvalue weighted by atomic mass is 16.3. The first-order chi connectivity index (χ1) is 10.7. The van der Waals surface area contributed by atoms with Gasteiger partial charge in [0.2, 0.25) is 0 Å². The second-order valence-electron chi connectivity index (χ2n) is 9.98. The van der Waals surface area contributed by atoms with E-state index in [-0.39, 0.29) is 10.8 Å². The van der Waals surface area contributed by atoms with Crippen LogP contribution in [0.4, 0.5) is 0 Å². The molecule has 4 rings (SSSR count). The number of terminal acetylenes is 1. The van der Waals surface area contributed by atoms with Gasteiger partial charge in [0.25, 0.3) is 0 Å². The summed E-state index contributed by atoms with van der Waals surface area (Å²) in [5.41, 5.74) is -1.11. The van der Waals surface area contributed by atoms with Crippen molar-refractivity contribution in [3.05, 3.63) is 0 Å². The van der Waals surface area contributed by atoms with Crippen LogP contribution in [-0.4, -0.2) is 21.4 Å². The Kier molecular flexibility index (Phi) is 3.16. The average Bonchev–Trinajstić information content (AvgIpc) is 2.90. The first-order valence-electron chi connectivity index (χ1n) is 9.58. The molecule has 2 N–H and O–H groups in total. The average molecular weight is 316 g/mol. The molecular weight excluding hydrogens is 284 g/mol. The van der Waals surface area contributed by atoms with E-state index in [1.807, 2.05) is 0 Å². The van der Waals surface area contributed by atoms with Crippen LogP contribution in [-0.2, 0) is 0 Å². The highest BCUT2D eigenvalue weighted by Gasteiger charge is 2.65. The maximum atomic E-state index is 10.9. The molecule has 8 atom stereocenters. The van der Waals surface area contributed by atoms with Crippen LogP contribution in [0.1, 0.15) is 72.1 Å². The molecule has 4 saturated carbocycles. The summed E-state index contributed by atoms with van der Waals surface area (Å²) in [5.74, 6) is 5.31. The summed E-state index contributed by atoms with van der Waals surface area (Å²) in [6, 6.07) is 0. The lowest BCUT2D eigenvalue weighted by Gasteiger charge is -2.58. The summed E-state index contributed by atoms with van der Waals surface area (Å²) in [6.07, 6.45) is 14.1. The third-order valence-electron chi connectivity index (χ3n) is 9.15. The molecule has 1 unspecified atom stereocenters. The Balaban J connectivity index is 1.67. The van der Waals surface area contributed by atoms with Gasteiger partial charge in [-0.3, -0.25) is 0 Å². The molecule has 0 aromatic heterocycles. The Bertz CT molecular complexity index is 561. The molecule has 0 bridgehead atoms. The van der Waals surface area contributed by atoms with Crippen molar-refractivity contribution in [2.45, 2.75) is 83.3 Å². The number of fused-ring (bicyclic) bond motifs is 5. The van der Waals surface area contributed by atoms with Gasteiger partial charge in [-0.1, -0.05) is 19.8 Å². The Labute approximate surface area is 141 Å². The van der Waals surface area contributed by atoms with Crippen LogP contribution in [0.3, 0.4) is 0 Å². The molecule has 0 heterocycles. The second kappa shape index (κ2) is 4.55. The molecule has 0 spiro atoms. The van der Waals surface area contributed by atoms with Gasteiger partial charge in [0.15, 0.2) is 0 Å². The fourth-order valence-electron chi connectivity index (χ4n) is 7.61. The van der Waals surface area contributed by atoms with Crippen LogP contribution in [0.2, 0.25) is 0 Å². The predicted octanol–water partition coefficient (Wildman–Crippen LogP) is 3.75. The van der Waals surface area contributed by atoms with Crippen molar-refractivity contribution in [3.8, 4) is 12.3 Å². The lowest BCUT2D eigenvalue weighted by molar-refractivity contribution is -0.133. The number of rotatable bonds is 0. The third-order valence-corrected chi connectivity index (χ3v) is 9.15. The van der Waals surface area contributed by atoms with Gasteiger partial charge in [0, 0.05) is 0 Å². The predicted molar refractivity (Wildman–Crippen MR) is 91.5 cm³/mol. The van der Waals surface area contributed by atoms with Crippen molar-refractivity contribution in [1.82, 2.24) is 0 Å². The first kappa shape index (κ1) is 16.0. The molecule has 0 radical (unpaired) electrons. The molecular formula is C21H32O2. The lowest BCUT2D eigenvalue weighted by Crippen LogP contribution is -2.54. The first-order valence-corrected chi connectivity index (χ1v) is 9.58. The van der Waals surface area contributed by atoms with E-state index in [1.54, 1.807) is 0 Å². The van der Waals surface area contributed by atoms with E-state index in [1.165, 1.54) is 25.7 Å². The summed E-state index contributed by atoms with van der Waals surface area (Å²) in [4.78, 5) is 0. The van der Waals surface area contributed by atoms with Gasteiger partial charge >= 0.3 is 0 Å². The van der Waals surface area contributed by atoms with Crippen LogP contribution in [0.15, 0.2) is 0 Å². The summed E-state index contributed by atoms with van der Waals surface area (Å²) in [7, 11) is 0.